The third-order valence-corrected chi connectivity index (χ3v) is 5.14. The summed E-state index contributed by atoms with van der Waals surface area (Å²) in [6.07, 6.45) is 5.57. The molecule has 2 rings (SSSR count). The van der Waals surface area contributed by atoms with Crippen LogP contribution in [0, 0.1) is 5.92 Å². The van der Waals surface area contributed by atoms with E-state index in [2.05, 4.69) is 29.4 Å². The molecule has 0 saturated carbocycles. The number of carbonyl (C=O) groups excluding carboxylic acids is 2. The van der Waals surface area contributed by atoms with Crippen LogP contribution in [0.2, 0.25) is 0 Å². The van der Waals surface area contributed by atoms with Crippen LogP contribution < -0.4 is 15.4 Å². The van der Waals surface area contributed by atoms with Crippen molar-refractivity contribution in [2.24, 2.45) is 5.92 Å². The van der Waals surface area contributed by atoms with Gasteiger partial charge in [-0.25, -0.2) is 0 Å². The number of hydrogen-bond acceptors (Lipinski definition) is 4. The van der Waals surface area contributed by atoms with Gasteiger partial charge in [-0.1, -0.05) is 20.3 Å². The predicted octanol–water partition coefficient (Wildman–Crippen LogP) is 2.83. The molecule has 1 aromatic carbocycles. The van der Waals surface area contributed by atoms with E-state index < -0.39 is 0 Å². The Morgan fingerprint density at radius 2 is 1.82 bits per heavy atom. The molecule has 2 N–H and O–H groups in total. The van der Waals surface area contributed by atoms with Crippen LogP contribution in [0.25, 0.3) is 0 Å². The van der Waals surface area contributed by atoms with Crippen molar-refractivity contribution in [2.45, 2.75) is 46.0 Å². The summed E-state index contributed by atoms with van der Waals surface area (Å²) >= 11 is 0. The van der Waals surface area contributed by atoms with Gasteiger partial charge >= 0.3 is 0 Å². The summed E-state index contributed by atoms with van der Waals surface area (Å²) in [5.74, 6) is 1.19. The van der Waals surface area contributed by atoms with Crippen molar-refractivity contribution in [3.05, 3.63) is 29.8 Å². The standard InChI is InChI=1S/C22H35N3O3/c1-3-4-16-28-20-8-6-19(7-9-20)22(27)24-17-21(26)23-12-5-13-25-14-10-18(2)11-15-25/h6-9,18H,3-5,10-17H2,1-2H3,(H,23,26)(H,24,27). The lowest BCUT2D eigenvalue weighted by Gasteiger charge is -2.30. The summed E-state index contributed by atoms with van der Waals surface area (Å²) in [7, 11) is 0. The molecule has 1 aliphatic rings. The van der Waals surface area contributed by atoms with Gasteiger partial charge < -0.3 is 20.3 Å². The number of carbonyl (C=O) groups is 2. The van der Waals surface area contributed by atoms with E-state index >= 15 is 0 Å². The van der Waals surface area contributed by atoms with Crippen LogP contribution in [0.15, 0.2) is 24.3 Å². The fourth-order valence-corrected chi connectivity index (χ4v) is 3.18. The number of nitrogens with zero attached hydrogens (tertiary/aromatic N) is 1. The molecule has 6 heteroatoms. The molecule has 156 valence electrons. The van der Waals surface area contributed by atoms with E-state index in [0.29, 0.717) is 18.7 Å². The average Bonchev–Trinajstić information content (AvgIpc) is 2.71. The number of amides is 2. The van der Waals surface area contributed by atoms with Crippen LogP contribution in [0.1, 0.15) is 56.3 Å². The molecule has 1 aliphatic heterocycles. The summed E-state index contributed by atoms with van der Waals surface area (Å²) in [6.45, 7) is 9.08. The molecule has 0 spiro atoms. The van der Waals surface area contributed by atoms with Crippen LogP contribution in [-0.2, 0) is 4.79 Å². The van der Waals surface area contributed by atoms with E-state index in [1.807, 2.05) is 0 Å². The van der Waals surface area contributed by atoms with E-state index in [1.165, 1.54) is 12.8 Å². The van der Waals surface area contributed by atoms with Gasteiger partial charge in [-0.05, 0) is 75.5 Å². The molecule has 0 aromatic heterocycles. The third kappa shape index (κ3) is 8.30. The number of unbranched alkanes of at least 4 members (excludes halogenated alkanes) is 1. The molecule has 1 saturated heterocycles. The average molecular weight is 390 g/mol. The molecule has 0 radical (unpaired) electrons. The van der Waals surface area contributed by atoms with Crippen molar-refractivity contribution in [3.8, 4) is 5.75 Å². The SMILES string of the molecule is CCCCOc1ccc(C(=O)NCC(=O)NCCCN2CCC(C)CC2)cc1. The summed E-state index contributed by atoms with van der Waals surface area (Å²) in [5, 5.41) is 5.54. The zero-order chi connectivity index (χ0) is 20.2. The minimum absolute atomic E-state index is 0.00515. The van der Waals surface area contributed by atoms with Crippen molar-refractivity contribution in [3.63, 3.8) is 0 Å². The second-order valence-electron chi connectivity index (χ2n) is 7.64. The first kappa shape index (κ1) is 22.2. The summed E-state index contributed by atoms with van der Waals surface area (Å²) in [5.41, 5.74) is 0.523. The number of nitrogens with one attached hydrogen (secondary N) is 2. The Morgan fingerprint density at radius 3 is 2.50 bits per heavy atom. The van der Waals surface area contributed by atoms with Crippen LogP contribution >= 0.6 is 0 Å². The minimum atomic E-state index is -0.252. The van der Waals surface area contributed by atoms with Gasteiger partial charge in [0.05, 0.1) is 13.2 Å². The summed E-state index contributed by atoms with van der Waals surface area (Å²) in [4.78, 5) is 26.5. The van der Waals surface area contributed by atoms with Crippen LogP contribution in [0.3, 0.4) is 0 Å². The monoisotopic (exact) mass is 389 g/mol. The van der Waals surface area contributed by atoms with Gasteiger partial charge in [-0.2, -0.15) is 0 Å². The molecule has 1 fully saturated rings. The predicted molar refractivity (Wildman–Crippen MR) is 112 cm³/mol. The van der Waals surface area contributed by atoms with Crippen LogP contribution in [-0.4, -0.2) is 56.0 Å². The smallest absolute Gasteiger partial charge is 0.251 e. The molecule has 28 heavy (non-hydrogen) atoms. The highest BCUT2D eigenvalue weighted by Crippen LogP contribution is 2.15. The van der Waals surface area contributed by atoms with Gasteiger partial charge in [-0.15, -0.1) is 0 Å². The second-order valence-corrected chi connectivity index (χ2v) is 7.64. The Labute approximate surface area is 169 Å². The number of ether oxygens (including phenoxy) is 1. The highest BCUT2D eigenvalue weighted by Gasteiger charge is 2.15. The molecule has 0 atom stereocenters. The van der Waals surface area contributed by atoms with E-state index in [0.717, 1.165) is 50.6 Å². The zero-order valence-electron chi connectivity index (χ0n) is 17.3. The van der Waals surface area contributed by atoms with E-state index in [9.17, 15) is 9.59 Å². The van der Waals surface area contributed by atoms with Gasteiger partial charge in [0.1, 0.15) is 5.75 Å². The van der Waals surface area contributed by atoms with E-state index in [-0.39, 0.29) is 18.4 Å². The lowest BCUT2D eigenvalue weighted by Crippen LogP contribution is -2.39. The Balaban J connectivity index is 1.58. The van der Waals surface area contributed by atoms with Crippen molar-refractivity contribution >= 4 is 11.8 Å². The highest BCUT2D eigenvalue weighted by atomic mass is 16.5. The molecular weight excluding hydrogens is 354 g/mol. The molecule has 6 nitrogen and oxygen atoms in total. The topological polar surface area (TPSA) is 70.7 Å². The molecule has 2 amide bonds. The van der Waals surface area contributed by atoms with Gasteiger partial charge in [-0.3, -0.25) is 9.59 Å². The number of likely N-dealkylation sites (tertiary alicyclic amines) is 1. The molecule has 1 heterocycles. The molecule has 1 aromatic rings. The zero-order valence-corrected chi connectivity index (χ0v) is 17.3. The fourth-order valence-electron chi connectivity index (χ4n) is 3.18. The Kier molecular flexibility index (Phi) is 9.83. The number of piperidine rings is 1. The van der Waals surface area contributed by atoms with E-state index in [1.54, 1.807) is 24.3 Å². The summed E-state index contributed by atoms with van der Waals surface area (Å²) < 4.78 is 5.58. The second kappa shape index (κ2) is 12.4. The normalized spacial score (nSPS) is 15.2. The first-order valence-corrected chi connectivity index (χ1v) is 10.6. The van der Waals surface area contributed by atoms with Gasteiger partial charge in [0.15, 0.2) is 0 Å². The largest absolute Gasteiger partial charge is 0.494 e. The first-order chi connectivity index (χ1) is 13.6. The fraction of sp³-hybridized carbons (Fsp3) is 0.636. The van der Waals surface area contributed by atoms with Gasteiger partial charge in [0.25, 0.3) is 5.91 Å². The molecule has 0 unspecified atom stereocenters. The van der Waals surface area contributed by atoms with Crippen LogP contribution in [0.5, 0.6) is 5.75 Å². The van der Waals surface area contributed by atoms with Gasteiger partial charge in [0, 0.05) is 12.1 Å². The van der Waals surface area contributed by atoms with E-state index in [4.69, 9.17) is 4.74 Å². The Hall–Kier alpha value is -2.08. The quantitative estimate of drug-likeness (QED) is 0.571. The lowest BCUT2D eigenvalue weighted by molar-refractivity contribution is -0.120. The summed E-state index contributed by atoms with van der Waals surface area (Å²) in [6, 6.07) is 7.00. The third-order valence-electron chi connectivity index (χ3n) is 5.14. The highest BCUT2D eigenvalue weighted by molar-refractivity contribution is 5.96. The van der Waals surface area contributed by atoms with Gasteiger partial charge in [0.2, 0.25) is 5.91 Å². The Bertz CT molecular complexity index is 596. The Morgan fingerprint density at radius 1 is 1.11 bits per heavy atom. The van der Waals surface area contributed by atoms with Crippen molar-refractivity contribution < 1.29 is 14.3 Å². The van der Waals surface area contributed by atoms with Crippen molar-refractivity contribution in [2.75, 3.05) is 39.3 Å². The molecule has 0 aliphatic carbocycles. The maximum Gasteiger partial charge on any atom is 0.251 e. The lowest BCUT2D eigenvalue weighted by atomic mass is 9.99. The van der Waals surface area contributed by atoms with Crippen LogP contribution in [0.4, 0.5) is 0 Å². The number of rotatable bonds is 11. The minimum Gasteiger partial charge on any atom is -0.494 e. The maximum absolute atomic E-state index is 12.1. The van der Waals surface area contributed by atoms with Crippen molar-refractivity contribution in [1.82, 2.24) is 15.5 Å². The molecule has 0 bridgehead atoms. The van der Waals surface area contributed by atoms with Crippen molar-refractivity contribution in [1.29, 1.82) is 0 Å². The maximum atomic E-state index is 12.1. The number of hydrogen-bond donors (Lipinski definition) is 2. The first-order valence-electron chi connectivity index (χ1n) is 10.6. The number of benzene rings is 1. The molecular formula is C22H35N3O3.